The molecule has 1 saturated heterocycles. The largest absolute Gasteiger partial charge is 0.387 e. The van der Waals surface area contributed by atoms with Gasteiger partial charge in [0.25, 0.3) is 0 Å². The maximum atomic E-state index is 10.1. The summed E-state index contributed by atoms with van der Waals surface area (Å²) >= 11 is 0. The van der Waals surface area contributed by atoms with Crippen LogP contribution in [0.3, 0.4) is 0 Å². The number of aryl methyl sites for hydroxylation is 1. The first-order valence-corrected chi connectivity index (χ1v) is 10.3. The number of hydrogen-bond acceptors (Lipinski definition) is 1. The van der Waals surface area contributed by atoms with E-state index in [4.69, 9.17) is 0 Å². The van der Waals surface area contributed by atoms with E-state index in [0.29, 0.717) is 0 Å². The summed E-state index contributed by atoms with van der Waals surface area (Å²) in [4.78, 5) is 0. The average Bonchev–Trinajstić information content (AvgIpc) is 2.45. The van der Waals surface area contributed by atoms with E-state index in [1.54, 1.807) is 0 Å². The van der Waals surface area contributed by atoms with Crippen molar-refractivity contribution < 1.29 is 14.2 Å². The van der Waals surface area contributed by atoms with Crippen molar-refractivity contribution in [3.05, 3.63) is 30.1 Å². The molecule has 3 heteroatoms. The summed E-state index contributed by atoms with van der Waals surface area (Å²) < 4.78 is 3.16. The van der Waals surface area contributed by atoms with Crippen molar-refractivity contribution in [3.63, 3.8) is 0 Å². The predicted molar refractivity (Wildman–Crippen MR) is 111 cm³/mol. The number of likely N-dealkylation sites (tertiary alicyclic amines) is 1. The second-order valence-electron chi connectivity index (χ2n) is 10.7. The van der Waals surface area contributed by atoms with Crippen LogP contribution in [0.15, 0.2) is 24.5 Å². The Morgan fingerprint density at radius 1 is 1.08 bits per heavy atom. The molecule has 0 spiro atoms. The Morgan fingerprint density at radius 3 is 2.08 bits per heavy atom. The Bertz CT molecular complexity index is 534. The first-order valence-electron chi connectivity index (χ1n) is 10.3. The molecule has 150 valence electrons. The number of piperidine rings is 1. The summed E-state index contributed by atoms with van der Waals surface area (Å²) in [6, 6.07) is 4.25. The van der Waals surface area contributed by atoms with Crippen LogP contribution in [0, 0.1) is 5.41 Å². The minimum absolute atomic E-state index is 0.131. The molecule has 0 amide bonds. The molecule has 0 radical (unpaired) electrons. The lowest BCUT2D eigenvalue weighted by atomic mass is 9.88. The number of quaternary nitrogens is 1. The molecule has 1 aromatic rings. The van der Waals surface area contributed by atoms with Gasteiger partial charge in [-0.2, -0.15) is 0 Å². The third-order valence-corrected chi connectivity index (χ3v) is 5.20. The standard InChI is InChI=1S/C13H28NO.C10H16N/c1-13(2,3)10-12(15)11-14(4)8-6-5-7-9-14;1-10(2,3)9-6-5-7-11(4)8-9/h12,15H,5-11H2,1-4H3;5-8H,1-4H3/q2*+1. The maximum absolute atomic E-state index is 10.1. The van der Waals surface area contributed by atoms with Gasteiger partial charge in [-0.25, -0.2) is 4.57 Å². The van der Waals surface area contributed by atoms with E-state index in [0.717, 1.165) is 17.4 Å². The fraction of sp³-hybridized carbons (Fsp3) is 0.783. The minimum Gasteiger partial charge on any atom is -0.387 e. The van der Waals surface area contributed by atoms with Gasteiger partial charge in [0.1, 0.15) is 19.7 Å². The highest BCUT2D eigenvalue weighted by molar-refractivity contribution is 5.15. The molecule has 1 aromatic heterocycles. The number of aliphatic hydroxyl groups is 1. The van der Waals surface area contributed by atoms with Crippen LogP contribution in [-0.2, 0) is 12.5 Å². The highest BCUT2D eigenvalue weighted by atomic mass is 16.3. The number of nitrogens with zero attached hydrogens (tertiary/aromatic N) is 2. The fourth-order valence-electron chi connectivity index (χ4n) is 3.77. The number of rotatable bonds is 3. The van der Waals surface area contributed by atoms with Crippen LogP contribution in [0.4, 0.5) is 0 Å². The van der Waals surface area contributed by atoms with Gasteiger partial charge in [0, 0.05) is 11.6 Å². The lowest BCUT2D eigenvalue weighted by molar-refractivity contribution is -0.917. The molecular weight excluding hydrogens is 320 g/mol. The number of hydrogen-bond donors (Lipinski definition) is 1. The Balaban J connectivity index is 0.000000273. The van der Waals surface area contributed by atoms with Crippen molar-refractivity contribution in [3.8, 4) is 0 Å². The summed E-state index contributed by atoms with van der Waals surface area (Å²) in [5.74, 6) is 0. The zero-order valence-electron chi connectivity index (χ0n) is 18.7. The van der Waals surface area contributed by atoms with Crippen LogP contribution in [0.2, 0.25) is 0 Å². The molecule has 1 fully saturated rings. The van der Waals surface area contributed by atoms with Crippen molar-refractivity contribution in [1.29, 1.82) is 0 Å². The molecule has 2 heterocycles. The lowest BCUT2D eigenvalue weighted by Gasteiger charge is -2.40. The molecule has 0 aromatic carbocycles. The van der Waals surface area contributed by atoms with Crippen molar-refractivity contribution >= 4 is 0 Å². The fourth-order valence-corrected chi connectivity index (χ4v) is 3.77. The summed E-state index contributed by atoms with van der Waals surface area (Å²) in [5, 5.41) is 10.1. The Labute approximate surface area is 162 Å². The molecule has 2 rings (SSSR count). The molecular formula is C23H44N2O+2. The van der Waals surface area contributed by atoms with Crippen molar-refractivity contribution in [1.82, 2.24) is 0 Å². The predicted octanol–water partition coefficient (Wildman–Crippen LogP) is 4.22. The number of pyridine rings is 1. The van der Waals surface area contributed by atoms with Gasteiger partial charge < -0.3 is 9.59 Å². The van der Waals surface area contributed by atoms with E-state index in [2.05, 4.69) is 84.7 Å². The number of likely N-dealkylation sites (N-methyl/N-ethyl adjacent to an activating group) is 1. The lowest BCUT2D eigenvalue weighted by Crippen LogP contribution is -2.52. The molecule has 3 nitrogen and oxygen atoms in total. The van der Waals surface area contributed by atoms with E-state index < -0.39 is 0 Å². The van der Waals surface area contributed by atoms with Gasteiger partial charge in [0.05, 0.1) is 20.1 Å². The highest BCUT2D eigenvalue weighted by Crippen LogP contribution is 2.24. The molecule has 1 N–H and O–H groups in total. The van der Waals surface area contributed by atoms with Crippen molar-refractivity contribution in [2.45, 2.75) is 78.7 Å². The van der Waals surface area contributed by atoms with Crippen molar-refractivity contribution in [2.24, 2.45) is 12.5 Å². The molecule has 1 atom stereocenters. The van der Waals surface area contributed by atoms with E-state index in [-0.39, 0.29) is 16.9 Å². The molecule has 1 aliphatic heterocycles. The summed E-state index contributed by atoms with van der Waals surface area (Å²) in [7, 11) is 4.35. The smallest absolute Gasteiger partial charge is 0.172 e. The second-order valence-corrected chi connectivity index (χ2v) is 10.7. The molecule has 0 saturated carbocycles. The Hall–Kier alpha value is -0.930. The zero-order chi connectivity index (χ0) is 20.0. The Morgan fingerprint density at radius 2 is 1.65 bits per heavy atom. The normalized spacial score (nSPS) is 18.7. The van der Waals surface area contributed by atoms with Gasteiger partial charge in [-0.05, 0) is 42.6 Å². The molecule has 26 heavy (non-hydrogen) atoms. The van der Waals surface area contributed by atoms with Gasteiger partial charge in [0.2, 0.25) is 0 Å². The number of aromatic nitrogens is 1. The van der Waals surface area contributed by atoms with E-state index in [9.17, 15) is 5.11 Å². The quantitative estimate of drug-likeness (QED) is 0.630. The first kappa shape index (κ1) is 23.1. The van der Waals surface area contributed by atoms with Crippen LogP contribution in [0.25, 0.3) is 0 Å². The van der Waals surface area contributed by atoms with Gasteiger partial charge in [-0.3, -0.25) is 0 Å². The average molecular weight is 365 g/mol. The van der Waals surface area contributed by atoms with Crippen LogP contribution in [0.5, 0.6) is 0 Å². The Kier molecular flexibility index (Phi) is 8.29. The van der Waals surface area contributed by atoms with Crippen LogP contribution >= 0.6 is 0 Å². The summed E-state index contributed by atoms with van der Waals surface area (Å²) in [6.07, 6.45) is 9.05. The topological polar surface area (TPSA) is 24.1 Å². The zero-order valence-corrected chi connectivity index (χ0v) is 18.7. The van der Waals surface area contributed by atoms with Crippen LogP contribution in [-0.4, -0.2) is 42.4 Å². The van der Waals surface area contributed by atoms with Crippen molar-refractivity contribution in [2.75, 3.05) is 26.7 Å². The molecule has 1 unspecified atom stereocenters. The maximum Gasteiger partial charge on any atom is 0.172 e. The van der Waals surface area contributed by atoms with Gasteiger partial charge in [-0.1, -0.05) is 41.5 Å². The molecule has 1 aliphatic rings. The minimum atomic E-state index is -0.131. The van der Waals surface area contributed by atoms with Gasteiger partial charge in [0.15, 0.2) is 12.4 Å². The van der Waals surface area contributed by atoms with Gasteiger partial charge in [-0.15, -0.1) is 0 Å². The van der Waals surface area contributed by atoms with Crippen LogP contribution < -0.4 is 4.57 Å². The summed E-state index contributed by atoms with van der Waals surface area (Å²) in [6.45, 7) is 16.7. The highest BCUT2D eigenvalue weighted by Gasteiger charge is 2.29. The van der Waals surface area contributed by atoms with E-state index >= 15 is 0 Å². The first-order chi connectivity index (χ1) is 11.8. The van der Waals surface area contributed by atoms with E-state index in [1.807, 2.05) is 0 Å². The third-order valence-electron chi connectivity index (χ3n) is 5.20. The molecule has 0 bridgehead atoms. The third kappa shape index (κ3) is 9.14. The monoisotopic (exact) mass is 364 g/mol. The van der Waals surface area contributed by atoms with E-state index in [1.165, 1.54) is 37.9 Å². The SMILES string of the molecule is CC(C)(C)CC(O)C[N+]1(C)CCCCC1.C[n+]1cccc(C(C)(C)C)c1. The summed E-state index contributed by atoms with van der Waals surface area (Å²) in [5.41, 5.74) is 1.88. The van der Waals surface area contributed by atoms with Gasteiger partial charge >= 0.3 is 0 Å². The van der Waals surface area contributed by atoms with Crippen LogP contribution in [0.1, 0.15) is 72.8 Å². The number of aliphatic hydroxyl groups excluding tert-OH is 1. The second kappa shape index (κ2) is 9.32. The molecule has 0 aliphatic carbocycles.